The van der Waals surface area contributed by atoms with Gasteiger partial charge in [0, 0.05) is 30.1 Å². The number of amides is 1. The number of ether oxygens (including phenoxy) is 2. The molecule has 2 atom stereocenters. The van der Waals surface area contributed by atoms with Crippen molar-refractivity contribution in [2.45, 2.75) is 42.9 Å². The first-order valence-electron chi connectivity index (χ1n) is 14.9. The van der Waals surface area contributed by atoms with Crippen LogP contribution in [0.1, 0.15) is 47.6 Å². The molecule has 0 radical (unpaired) electrons. The standard InChI is InChI=1S/C32H32N4O3.C2HF3O2/c1-36-15-13-23(14-16-36)39-22-7-3-20(4-8-22)5-11-28-25-10-6-21(17-30(25)35-34-28)27-19-32(27)26-18-24(38-2)9-12-29(26)33-31(32)37;3-2(4,5)1(6)7/h3-12,17-18,23,27H,13-16,19H2,1-2H3,(H,33,37)(H,34,35);(H,6,7)/t27-,32-;/m0./s1. The maximum absolute atomic E-state index is 13.0. The van der Waals surface area contributed by atoms with E-state index in [9.17, 15) is 18.0 Å². The van der Waals surface area contributed by atoms with Crippen LogP contribution in [0, 0.1) is 0 Å². The lowest BCUT2D eigenvalue weighted by Gasteiger charge is -2.29. The zero-order valence-electron chi connectivity index (χ0n) is 25.2. The molecule has 9 nitrogen and oxygen atoms in total. The van der Waals surface area contributed by atoms with Crippen molar-refractivity contribution in [2.24, 2.45) is 0 Å². The van der Waals surface area contributed by atoms with Crippen LogP contribution < -0.4 is 14.8 Å². The normalized spacial score (nSPS) is 21.2. The van der Waals surface area contributed by atoms with Gasteiger partial charge in [0.2, 0.25) is 5.91 Å². The number of aliphatic carboxylic acids is 1. The highest BCUT2D eigenvalue weighted by Crippen LogP contribution is 2.65. The lowest BCUT2D eigenvalue weighted by Crippen LogP contribution is -2.35. The quantitative estimate of drug-likeness (QED) is 0.230. The average Bonchev–Trinajstić information content (AvgIpc) is 3.58. The van der Waals surface area contributed by atoms with Crippen LogP contribution in [0.15, 0.2) is 60.7 Å². The summed E-state index contributed by atoms with van der Waals surface area (Å²) >= 11 is 0. The Bertz CT molecular complexity index is 1790. The zero-order chi connectivity index (χ0) is 32.6. The summed E-state index contributed by atoms with van der Waals surface area (Å²) in [5, 5.41) is 19.0. The molecule has 1 saturated heterocycles. The second kappa shape index (κ2) is 12.2. The molecule has 3 heterocycles. The number of benzene rings is 3. The maximum Gasteiger partial charge on any atom is 0.490 e. The summed E-state index contributed by atoms with van der Waals surface area (Å²) < 4.78 is 43.3. The summed E-state index contributed by atoms with van der Waals surface area (Å²) in [6.07, 6.45) is 2.27. The van der Waals surface area contributed by atoms with Crippen molar-refractivity contribution in [3.63, 3.8) is 0 Å². The summed E-state index contributed by atoms with van der Waals surface area (Å²) in [5.74, 6) is -0.850. The largest absolute Gasteiger partial charge is 0.497 e. The highest BCUT2D eigenvalue weighted by molar-refractivity contribution is 6.10. The predicted octanol–water partition coefficient (Wildman–Crippen LogP) is 6.23. The van der Waals surface area contributed by atoms with E-state index in [4.69, 9.17) is 19.4 Å². The van der Waals surface area contributed by atoms with Crippen molar-refractivity contribution in [1.29, 1.82) is 0 Å². The topological polar surface area (TPSA) is 117 Å². The molecule has 12 heteroatoms. The Morgan fingerprint density at radius 2 is 1.74 bits per heavy atom. The second-order valence-corrected chi connectivity index (χ2v) is 11.8. The van der Waals surface area contributed by atoms with E-state index in [0.29, 0.717) is 6.10 Å². The fraction of sp³-hybridized carbons (Fsp3) is 0.324. The number of hydrogen-bond donors (Lipinski definition) is 3. The molecule has 0 bridgehead atoms. The van der Waals surface area contributed by atoms with Crippen molar-refractivity contribution in [3.05, 3.63) is 83.0 Å². The number of H-pyrrole nitrogens is 1. The minimum absolute atomic E-state index is 0.0758. The molecule has 1 amide bonds. The summed E-state index contributed by atoms with van der Waals surface area (Å²) in [5.41, 5.74) is 5.52. The van der Waals surface area contributed by atoms with Gasteiger partial charge in [-0.15, -0.1) is 0 Å². The molecule has 2 aliphatic heterocycles. The Labute approximate surface area is 263 Å². The number of piperidine rings is 1. The number of rotatable bonds is 6. The van der Waals surface area contributed by atoms with E-state index in [0.717, 1.165) is 82.8 Å². The third-order valence-corrected chi connectivity index (χ3v) is 8.86. The van der Waals surface area contributed by atoms with Crippen molar-refractivity contribution in [3.8, 4) is 11.5 Å². The molecule has 240 valence electrons. The van der Waals surface area contributed by atoms with Gasteiger partial charge in [-0.1, -0.05) is 30.3 Å². The number of alkyl halides is 3. The summed E-state index contributed by atoms with van der Waals surface area (Å²) in [7, 11) is 3.82. The first-order chi connectivity index (χ1) is 22.0. The predicted molar refractivity (Wildman–Crippen MR) is 167 cm³/mol. The number of carbonyl (C=O) groups is 2. The van der Waals surface area contributed by atoms with Crippen LogP contribution in [0.3, 0.4) is 0 Å². The molecule has 4 aromatic rings. The number of likely N-dealkylation sites (tertiary alicyclic amines) is 1. The number of carbonyl (C=O) groups excluding carboxylic acids is 1. The highest BCUT2D eigenvalue weighted by Gasteiger charge is 2.65. The van der Waals surface area contributed by atoms with Crippen LogP contribution in [0.25, 0.3) is 23.1 Å². The van der Waals surface area contributed by atoms with Gasteiger partial charge in [-0.3, -0.25) is 9.89 Å². The molecule has 1 aromatic heterocycles. The van der Waals surface area contributed by atoms with E-state index in [1.54, 1.807) is 7.11 Å². The molecular weight excluding hydrogens is 601 g/mol. The number of anilines is 1. The van der Waals surface area contributed by atoms with Crippen LogP contribution in [-0.2, 0) is 15.0 Å². The van der Waals surface area contributed by atoms with E-state index in [1.807, 2.05) is 36.4 Å². The number of methoxy groups -OCH3 is 1. The third-order valence-electron chi connectivity index (χ3n) is 8.86. The van der Waals surface area contributed by atoms with Gasteiger partial charge in [0.1, 0.15) is 17.6 Å². The molecule has 1 saturated carbocycles. The van der Waals surface area contributed by atoms with Crippen LogP contribution in [0.5, 0.6) is 11.5 Å². The number of aromatic amines is 1. The Kier molecular flexibility index (Phi) is 8.24. The molecule has 0 unspecified atom stereocenters. The number of fused-ring (bicyclic) bond motifs is 3. The Hall–Kier alpha value is -4.84. The van der Waals surface area contributed by atoms with Gasteiger partial charge < -0.3 is 24.8 Å². The van der Waals surface area contributed by atoms with Crippen LogP contribution in [0.2, 0.25) is 0 Å². The van der Waals surface area contributed by atoms with E-state index >= 15 is 0 Å². The second-order valence-electron chi connectivity index (χ2n) is 11.8. The van der Waals surface area contributed by atoms with Crippen molar-refractivity contribution >= 4 is 40.6 Å². The molecule has 3 aromatic carbocycles. The smallest absolute Gasteiger partial charge is 0.490 e. The minimum Gasteiger partial charge on any atom is -0.497 e. The lowest BCUT2D eigenvalue weighted by molar-refractivity contribution is -0.192. The number of aromatic nitrogens is 2. The van der Waals surface area contributed by atoms with Crippen molar-refractivity contribution in [2.75, 3.05) is 32.6 Å². The maximum atomic E-state index is 13.0. The summed E-state index contributed by atoms with van der Waals surface area (Å²) in [4.78, 5) is 24.3. The fourth-order valence-corrected chi connectivity index (χ4v) is 6.23. The van der Waals surface area contributed by atoms with Crippen LogP contribution in [0.4, 0.5) is 18.9 Å². The van der Waals surface area contributed by atoms with Crippen LogP contribution >= 0.6 is 0 Å². The first-order valence-corrected chi connectivity index (χ1v) is 14.9. The van der Waals surface area contributed by atoms with E-state index in [-0.39, 0.29) is 11.8 Å². The number of carboxylic acids is 1. The van der Waals surface area contributed by atoms with Gasteiger partial charge in [0.15, 0.2) is 0 Å². The summed E-state index contributed by atoms with van der Waals surface area (Å²) in [6.45, 7) is 2.18. The van der Waals surface area contributed by atoms with Gasteiger partial charge >= 0.3 is 12.1 Å². The Morgan fingerprint density at radius 1 is 1.04 bits per heavy atom. The zero-order valence-corrected chi connectivity index (χ0v) is 25.2. The fourth-order valence-electron chi connectivity index (χ4n) is 6.23. The van der Waals surface area contributed by atoms with E-state index < -0.39 is 17.6 Å². The van der Waals surface area contributed by atoms with Crippen molar-refractivity contribution < 1.29 is 37.3 Å². The highest BCUT2D eigenvalue weighted by atomic mass is 19.4. The molecule has 2 fully saturated rings. The molecule has 46 heavy (non-hydrogen) atoms. The SMILES string of the molecule is COc1ccc2c(c1)[C@]1(C[C@H]1c1ccc3c(C=Cc4ccc(OC5CCN(C)CC5)cc4)n[nH]c3c1)C(=O)N2.O=C(O)C(F)(F)F. The van der Waals surface area contributed by atoms with Gasteiger partial charge in [0.25, 0.3) is 0 Å². The Morgan fingerprint density at radius 3 is 2.41 bits per heavy atom. The molecule has 1 aliphatic carbocycles. The van der Waals surface area contributed by atoms with Crippen molar-refractivity contribution in [1.82, 2.24) is 15.1 Å². The third kappa shape index (κ3) is 6.17. The summed E-state index contributed by atoms with van der Waals surface area (Å²) in [6, 6.07) is 20.5. The van der Waals surface area contributed by atoms with Gasteiger partial charge in [-0.05, 0) is 85.5 Å². The number of carboxylic acid groups (broad SMARTS) is 1. The first kappa shape index (κ1) is 31.2. The minimum atomic E-state index is -5.08. The molecule has 3 aliphatic rings. The molecule has 7 rings (SSSR count). The number of nitrogens with one attached hydrogen (secondary N) is 2. The molecule has 3 N–H and O–H groups in total. The number of nitrogens with zero attached hydrogens (tertiary/aromatic N) is 2. The number of hydrogen-bond acceptors (Lipinski definition) is 6. The Balaban J connectivity index is 0.000000480. The van der Waals surface area contributed by atoms with Crippen LogP contribution in [-0.4, -0.2) is 71.6 Å². The van der Waals surface area contributed by atoms with Gasteiger partial charge in [-0.2, -0.15) is 18.3 Å². The van der Waals surface area contributed by atoms with Gasteiger partial charge in [-0.25, -0.2) is 4.79 Å². The van der Waals surface area contributed by atoms with E-state index in [1.165, 1.54) is 0 Å². The molecular formula is C34H33F3N4O5. The molecule has 1 spiro atoms. The number of halogens is 3. The van der Waals surface area contributed by atoms with Gasteiger partial charge in [0.05, 0.1) is 23.7 Å². The monoisotopic (exact) mass is 634 g/mol. The van der Waals surface area contributed by atoms with E-state index in [2.05, 4.69) is 63.9 Å². The average molecular weight is 635 g/mol. The lowest BCUT2D eigenvalue weighted by atomic mass is 9.91.